The molecular weight excluding hydrogens is 508 g/mol. The molecule has 0 spiro atoms. The minimum absolute atomic E-state index is 0.111. The number of nitrogens with one attached hydrogen (secondary N) is 2. The Bertz CT molecular complexity index is 1240. The van der Waals surface area contributed by atoms with Crippen molar-refractivity contribution in [1.29, 1.82) is 0 Å². The minimum Gasteiger partial charge on any atom is -0.497 e. The summed E-state index contributed by atoms with van der Waals surface area (Å²) in [4.78, 5) is 45.1. The van der Waals surface area contributed by atoms with Gasteiger partial charge in [-0.15, -0.1) is 23.1 Å². The Morgan fingerprint density at radius 3 is 2.51 bits per heavy atom. The molecule has 1 aliphatic heterocycles. The lowest BCUT2D eigenvalue weighted by Gasteiger charge is -2.31. The zero-order valence-corrected chi connectivity index (χ0v) is 22.5. The van der Waals surface area contributed by atoms with Gasteiger partial charge in [-0.05, 0) is 54.5 Å². The molecule has 1 saturated heterocycles. The van der Waals surface area contributed by atoms with Crippen LogP contribution in [0.5, 0.6) is 5.75 Å². The van der Waals surface area contributed by atoms with Crippen molar-refractivity contribution in [3.63, 3.8) is 0 Å². The number of rotatable bonds is 8. The molecular formula is C27H30N4O4S2. The van der Waals surface area contributed by atoms with Crippen LogP contribution in [0, 0.1) is 0 Å². The molecule has 1 aliphatic rings. The van der Waals surface area contributed by atoms with Crippen LogP contribution in [0.3, 0.4) is 0 Å². The highest BCUT2D eigenvalue weighted by atomic mass is 32.2. The van der Waals surface area contributed by atoms with Gasteiger partial charge in [-0.3, -0.25) is 25.2 Å². The number of hydrazine groups is 1. The molecule has 37 heavy (non-hydrogen) atoms. The van der Waals surface area contributed by atoms with Crippen LogP contribution in [0.1, 0.15) is 45.4 Å². The Morgan fingerprint density at radius 2 is 1.81 bits per heavy atom. The monoisotopic (exact) mass is 538 g/mol. The highest BCUT2D eigenvalue weighted by molar-refractivity contribution is 7.98. The number of carbonyl (C=O) groups excluding carboxylic acids is 3. The summed E-state index contributed by atoms with van der Waals surface area (Å²) in [6, 6.07) is 15.3. The van der Waals surface area contributed by atoms with Gasteiger partial charge in [0.25, 0.3) is 5.91 Å². The van der Waals surface area contributed by atoms with Crippen molar-refractivity contribution in [2.75, 3.05) is 26.5 Å². The van der Waals surface area contributed by atoms with E-state index < -0.39 is 5.91 Å². The number of hydrogen-bond acceptors (Lipinski definition) is 7. The number of ether oxygens (including phenoxy) is 1. The second-order valence-electron chi connectivity index (χ2n) is 8.78. The van der Waals surface area contributed by atoms with Crippen LogP contribution in [0.4, 0.5) is 0 Å². The van der Waals surface area contributed by atoms with Crippen molar-refractivity contribution >= 4 is 40.8 Å². The van der Waals surface area contributed by atoms with E-state index in [9.17, 15) is 14.4 Å². The van der Waals surface area contributed by atoms with Gasteiger partial charge in [0.15, 0.2) is 0 Å². The number of amides is 3. The lowest BCUT2D eigenvalue weighted by atomic mass is 9.97. The molecule has 0 aliphatic carbocycles. The number of carbonyl (C=O) groups is 3. The number of piperidine rings is 1. The van der Waals surface area contributed by atoms with E-state index >= 15 is 0 Å². The Hall–Kier alpha value is -3.37. The van der Waals surface area contributed by atoms with E-state index in [0.29, 0.717) is 25.3 Å². The second kappa shape index (κ2) is 12.7. The topological polar surface area (TPSA) is 101 Å². The summed E-state index contributed by atoms with van der Waals surface area (Å²) in [5.41, 5.74) is 6.95. The predicted molar refractivity (Wildman–Crippen MR) is 145 cm³/mol. The quantitative estimate of drug-likeness (QED) is 0.334. The first-order valence-corrected chi connectivity index (χ1v) is 14.1. The summed E-state index contributed by atoms with van der Waals surface area (Å²) in [5.74, 6) is 0.217. The molecule has 1 aromatic heterocycles. The molecule has 3 amide bonds. The van der Waals surface area contributed by atoms with Crippen molar-refractivity contribution in [2.24, 2.45) is 0 Å². The zero-order chi connectivity index (χ0) is 26.2. The fraction of sp³-hybridized carbons (Fsp3) is 0.333. The number of hydrogen-bond donors (Lipinski definition) is 2. The maximum absolute atomic E-state index is 12.7. The Balaban J connectivity index is 1.22. The number of nitrogens with zero attached hydrogens (tertiary/aromatic N) is 2. The third-order valence-corrected chi connectivity index (χ3v) is 8.03. The van der Waals surface area contributed by atoms with E-state index in [0.717, 1.165) is 29.0 Å². The van der Waals surface area contributed by atoms with Crippen molar-refractivity contribution in [2.45, 2.75) is 36.5 Å². The third-order valence-electron chi connectivity index (χ3n) is 6.28. The number of thioether (sulfide) groups is 1. The van der Waals surface area contributed by atoms with Gasteiger partial charge >= 0.3 is 0 Å². The van der Waals surface area contributed by atoms with E-state index in [1.807, 2.05) is 47.6 Å². The summed E-state index contributed by atoms with van der Waals surface area (Å²) >= 11 is 3.12. The molecule has 1 fully saturated rings. The molecule has 0 radical (unpaired) electrons. The number of aromatic nitrogens is 1. The third kappa shape index (κ3) is 7.33. The lowest BCUT2D eigenvalue weighted by Crippen LogP contribution is -2.42. The first kappa shape index (κ1) is 26.7. The molecule has 2 heterocycles. The smallest absolute Gasteiger partial charge is 0.289 e. The van der Waals surface area contributed by atoms with Crippen LogP contribution in [0.25, 0.3) is 0 Å². The average molecular weight is 539 g/mol. The number of methoxy groups -OCH3 is 1. The van der Waals surface area contributed by atoms with Gasteiger partial charge in [0.2, 0.25) is 11.8 Å². The van der Waals surface area contributed by atoms with Crippen LogP contribution < -0.4 is 15.6 Å². The highest BCUT2D eigenvalue weighted by Crippen LogP contribution is 2.30. The Labute approximate surface area is 224 Å². The van der Waals surface area contributed by atoms with Crippen LogP contribution in [0.15, 0.2) is 58.8 Å². The number of likely N-dealkylation sites (tertiary alicyclic amines) is 1. The van der Waals surface area contributed by atoms with Gasteiger partial charge < -0.3 is 9.64 Å². The number of thiazole rings is 1. The second-order valence-corrected chi connectivity index (χ2v) is 10.6. The summed E-state index contributed by atoms with van der Waals surface area (Å²) < 4.78 is 5.16. The van der Waals surface area contributed by atoms with Gasteiger partial charge in [-0.2, -0.15) is 0 Å². The molecule has 2 aromatic carbocycles. The molecule has 0 unspecified atom stereocenters. The summed E-state index contributed by atoms with van der Waals surface area (Å²) in [7, 11) is 1.57. The van der Waals surface area contributed by atoms with Crippen molar-refractivity contribution < 1.29 is 19.1 Å². The average Bonchev–Trinajstić information content (AvgIpc) is 3.43. The first-order chi connectivity index (χ1) is 17.9. The van der Waals surface area contributed by atoms with Crippen LogP contribution in [-0.4, -0.2) is 54.1 Å². The largest absolute Gasteiger partial charge is 0.497 e. The summed E-state index contributed by atoms with van der Waals surface area (Å²) in [5, 5.41) is 2.59. The van der Waals surface area contributed by atoms with Gasteiger partial charge in [0, 0.05) is 29.3 Å². The lowest BCUT2D eigenvalue weighted by molar-refractivity contribution is -0.131. The Morgan fingerprint density at radius 1 is 1.05 bits per heavy atom. The molecule has 0 atom stereocenters. The Kier molecular flexibility index (Phi) is 9.19. The molecule has 10 heteroatoms. The van der Waals surface area contributed by atoms with E-state index in [1.165, 1.54) is 16.2 Å². The van der Waals surface area contributed by atoms with Gasteiger partial charge in [-0.25, -0.2) is 4.98 Å². The molecule has 2 N–H and O–H groups in total. The van der Waals surface area contributed by atoms with Gasteiger partial charge in [0.1, 0.15) is 11.4 Å². The number of benzene rings is 2. The van der Waals surface area contributed by atoms with Crippen molar-refractivity contribution in [3.8, 4) is 5.75 Å². The molecule has 0 bridgehead atoms. The predicted octanol–water partition coefficient (Wildman–Crippen LogP) is 3.83. The standard InChI is InChI=1S/C27H30N4O4S2/c1-35-21-5-3-4-19(14-21)15-24(32)29-30-26(34)23-17-37-27(28-23)20-10-12-31(13-11-20)25(33)16-18-6-8-22(36-2)9-7-18/h3-9,14,17,20H,10-13,15-16H2,1-2H3,(H,29,32)(H,30,34). The van der Waals surface area contributed by atoms with E-state index in [4.69, 9.17) is 4.74 Å². The molecule has 4 rings (SSSR count). The normalized spacial score (nSPS) is 13.7. The summed E-state index contributed by atoms with van der Waals surface area (Å²) in [6.45, 7) is 1.35. The van der Waals surface area contributed by atoms with Gasteiger partial charge in [0.05, 0.1) is 25.0 Å². The van der Waals surface area contributed by atoms with Gasteiger partial charge in [-0.1, -0.05) is 24.3 Å². The minimum atomic E-state index is -0.457. The van der Waals surface area contributed by atoms with E-state index in [2.05, 4.69) is 15.8 Å². The molecule has 194 valence electrons. The maximum Gasteiger partial charge on any atom is 0.289 e. The SMILES string of the molecule is COc1cccc(CC(=O)NNC(=O)c2csc(C3CCN(C(=O)Cc4ccc(SC)cc4)CC3)n2)c1. The van der Waals surface area contributed by atoms with E-state index in [-0.39, 0.29) is 29.8 Å². The fourth-order valence-corrected chi connectivity index (χ4v) is 5.57. The highest BCUT2D eigenvalue weighted by Gasteiger charge is 2.26. The summed E-state index contributed by atoms with van der Waals surface area (Å²) in [6.07, 6.45) is 4.17. The molecule has 8 nitrogen and oxygen atoms in total. The molecule has 0 saturated carbocycles. The molecule has 3 aromatic rings. The van der Waals surface area contributed by atoms with Crippen LogP contribution >= 0.6 is 23.1 Å². The zero-order valence-electron chi connectivity index (χ0n) is 20.9. The van der Waals surface area contributed by atoms with Crippen molar-refractivity contribution in [3.05, 3.63) is 75.7 Å². The van der Waals surface area contributed by atoms with Crippen molar-refractivity contribution in [1.82, 2.24) is 20.7 Å². The fourth-order valence-electron chi connectivity index (χ4n) is 4.19. The van der Waals surface area contributed by atoms with Crippen LogP contribution in [-0.2, 0) is 22.4 Å². The maximum atomic E-state index is 12.7. The first-order valence-electron chi connectivity index (χ1n) is 12.0. The van der Waals surface area contributed by atoms with E-state index in [1.54, 1.807) is 36.4 Å². The van der Waals surface area contributed by atoms with Crippen LogP contribution in [0.2, 0.25) is 0 Å².